The summed E-state index contributed by atoms with van der Waals surface area (Å²) < 4.78 is 41.9. The second-order valence-electron chi connectivity index (χ2n) is 8.93. The van der Waals surface area contributed by atoms with Crippen LogP contribution < -0.4 is 5.49 Å². The van der Waals surface area contributed by atoms with Gasteiger partial charge in [-0.3, -0.25) is 14.8 Å². The molecule has 0 radical (unpaired) electrons. The molecule has 0 N–H and O–H groups in total. The highest BCUT2D eigenvalue weighted by atomic mass is 19.4. The number of pyridine rings is 1. The number of amides is 1. The third-order valence-electron chi connectivity index (χ3n) is 6.68. The van der Waals surface area contributed by atoms with Crippen LogP contribution in [0.15, 0.2) is 41.5 Å². The van der Waals surface area contributed by atoms with Crippen LogP contribution in [-0.2, 0) is 24.6 Å². The van der Waals surface area contributed by atoms with E-state index in [0.29, 0.717) is 29.8 Å². The number of aromatic nitrogens is 3. The van der Waals surface area contributed by atoms with Crippen LogP contribution >= 0.6 is 0 Å². The van der Waals surface area contributed by atoms with Gasteiger partial charge in [-0.25, -0.2) is 4.98 Å². The molecule has 1 aliphatic rings. The van der Waals surface area contributed by atoms with Gasteiger partial charge in [0, 0.05) is 31.9 Å². The van der Waals surface area contributed by atoms with Crippen molar-refractivity contribution in [1.29, 1.82) is 0 Å². The first-order valence-electron chi connectivity index (χ1n) is 11.4. The molecule has 0 saturated carbocycles. The molecule has 1 aromatic carbocycles. The zero-order chi connectivity index (χ0) is 25.5. The Morgan fingerprint density at radius 1 is 1.26 bits per heavy atom. The standard InChI is InChI=1S/C26H28F3N5O/c1-15-11-19(9-10-34(15)18(4)35)23-12-21-24(14-30-23)33(5)17(3)32-25(21)31-13-20-7-6-8-22(16(20)2)26(27,28)29/h6-8,11-12,14-15H,9-10,13H2,1-5H3/t15-/m1/s1. The number of benzene rings is 1. The first-order valence-corrected chi connectivity index (χ1v) is 11.4. The van der Waals surface area contributed by atoms with E-state index in [1.54, 1.807) is 19.2 Å². The van der Waals surface area contributed by atoms with Crippen LogP contribution in [0.2, 0.25) is 0 Å². The Morgan fingerprint density at radius 3 is 2.66 bits per heavy atom. The van der Waals surface area contributed by atoms with E-state index in [2.05, 4.69) is 15.0 Å². The number of carbonyl (C=O) groups is 1. The summed E-state index contributed by atoms with van der Waals surface area (Å²) in [4.78, 5) is 27.6. The lowest BCUT2D eigenvalue weighted by molar-refractivity contribution is -0.138. The van der Waals surface area contributed by atoms with E-state index in [0.717, 1.165) is 28.2 Å². The minimum Gasteiger partial charge on any atom is -0.336 e. The number of hydrogen-bond acceptors (Lipinski definition) is 4. The normalized spacial score (nSPS) is 17.1. The summed E-state index contributed by atoms with van der Waals surface area (Å²) in [5.74, 6) is 0.756. The molecule has 0 bridgehead atoms. The van der Waals surface area contributed by atoms with E-state index < -0.39 is 11.7 Å². The Kier molecular flexibility index (Phi) is 6.53. The van der Waals surface area contributed by atoms with Crippen molar-refractivity contribution in [2.75, 3.05) is 6.54 Å². The molecule has 0 aliphatic carbocycles. The monoisotopic (exact) mass is 483 g/mol. The molecular formula is C26H28F3N5O. The molecular weight excluding hydrogens is 455 g/mol. The number of rotatable bonds is 3. The van der Waals surface area contributed by atoms with Crippen molar-refractivity contribution in [3.05, 3.63) is 70.2 Å². The van der Waals surface area contributed by atoms with Crippen molar-refractivity contribution in [2.45, 2.75) is 52.9 Å². The fraction of sp³-hybridized carbons (Fsp3) is 0.385. The van der Waals surface area contributed by atoms with Crippen LogP contribution in [-0.4, -0.2) is 37.9 Å². The lowest BCUT2D eigenvalue weighted by atomic mass is 9.99. The molecule has 0 unspecified atom stereocenters. The summed E-state index contributed by atoms with van der Waals surface area (Å²) in [5, 5.41) is 0.773. The van der Waals surface area contributed by atoms with Gasteiger partial charge < -0.3 is 9.47 Å². The third-order valence-corrected chi connectivity index (χ3v) is 6.68. The molecule has 6 nitrogen and oxygen atoms in total. The van der Waals surface area contributed by atoms with E-state index in [9.17, 15) is 18.0 Å². The molecule has 35 heavy (non-hydrogen) atoms. The van der Waals surface area contributed by atoms with Gasteiger partial charge in [-0.2, -0.15) is 13.2 Å². The second-order valence-corrected chi connectivity index (χ2v) is 8.93. The van der Waals surface area contributed by atoms with Crippen LogP contribution in [0.1, 0.15) is 48.5 Å². The number of fused-ring (bicyclic) bond motifs is 1. The topological polar surface area (TPSA) is 63.4 Å². The van der Waals surface area contributed by atoms with Crippen molar-refractivity contribution in [2.24, 2.45) is 12.0 Å². The SMILES string of the molecule is CC(=O)N1CCC(c2cc3c(=NCc4cccc(C(F)(F)F)c4C)nc(C)n(C)c3cn2)=C[C@H]1C. The predicted octanol–water partition coefficient (Wildman–Crippen LogP) is 4.73. The fourth-order valence-corrected chi connectivity index (χ4v) is 4.54. The number of hydrogen-bond donors (Lipinski definition) is 0. The smallest absolute Gasteiger partial charge is 0.336 e. The van der Waals surface area contributed by atoms with Gasteiger partial charge in [-0.15, -0.1) is 0 Å². The minimum absolute atomic E-state index is 0.0333. The molecule has 4 rings (SSSR count). The maximum Gasteiger partial charge on any atom is 0.416 e. The molecule has 2 aromatic heterocycles. The van der Waals surface area contributed by atoms with Gasteiger partial charge >= 0.3 is 6.18 Å². The molecule has 0 fully saturated rings. The lowest BCUT2D eigenvalue weighted by Gasteiger charge is -2.31. The highest BCUT2D eigenvalue weighted by Crippen LogP contribution is 2.33. The van der Waals surface area contributed by atoms with Crippen LogP contribution in [0.3, 0.4) is 0 Å². The Bertz CT molecular complexity index is 1400. The van der Waals surface area contributed by atoms with E-state index in [-0.39, 0.29) is 24.1 Å². The highest BCUT2D eigenvalue weighted by Gasteiger charge is 2.32. The van der Waals surface area contributed by atoms with Gasteiger partial charge in [0.15, 0.2) is 5.49 Å². The van der Waals surface area contributed by atoms with Crippen molar-refractivity contribution in [3.63, 3.8) is 0 Å². The van der Waals surface area contributed by atoms with Gasteiger partial charge in [0.1, 0.15) is 5.82 Å². The molecule has 1 amide bonds. The number of nitrogens with zero attached hydrogens (tertiary/aromatic N) is 5. The van der Waals surface area contributed by atoms with E-state index in [1.165, 1.54) is 13.0 Å². The summed E-state index contributed by atoms with van der Waals surface area (Å²) in [6, 6.07) is 6.05. The third kappa shape index (κ3) is 4.85. The maximum atomic E-state index is 13.3. The maximum absolute atomic E-state index is 13.3. The van der Waals surface area contributed by atoms with E-state index >= 15 is 0 Å². The average Bonchev–Trinajstić information content (AvgIpc) is 2.80. The number of halogens is 3. The zero-order valence-electron chi connectivity index (χ0n) is 20.4. The first kappa shape index (κ1) is 24.6. The van der Waals surface area contributed by atoms with Gasteiger partial charge in [0.2, 0.25) is 5.91 Å². The fourth-order valence-electron chi connectivity index (χ4n) is 4.54. The number of alkyl halides is 3. The number of carbonyl (C=O) groups excluding carboxylic acids is 1. The molecule has 3 aromatic rings. The Hall–Kier alpha value is -3.49. The van der Waals surface area contributed by atoms with Gasteiger partial charge in [0.25, 0.3) is 0 Å². The minimum atomic E-state index is -4.41. The quantitative estimate of drug-likeness (QED) is 0.541. The zero-order valence-corrected chi connectivity index (χ0v) is 20.4. The Balaban J connectivity index is 1.79. The van der Waals surface area contributed by atoms with Crippen LogP contribution in [0.25, 0.3) is 16.5 Å². The summed E-state index contributed by atoms with van der Waals surface area (Å²) in [7, 11) is 1.89. The molecule has 1 aliphatic heterocycles. The van der Waals surface area contributed by atoms with Gasteiger partial charge in [0.05, 0.1) is 29.5 Å². The highest BCUT2D eigenvalue weighted by molar-refractivity contribution is 5.82. The van der Waals surface area contributed by atoms with Crippen LogP contribution in [0, 0.1) is 13.8 Å². The van der Waals surface area contributed by atoms with Crippen molar-refractivity contribution < 1.29 is 18.0 Å². The molecule has 9 heteroatoms. The molecule has 3 heterocycles. The molecule has 1 atom stereocenters. The summed E-state index contributed by atoms with van der Waals surface area (Å²) in [6.07, 6.45) is 0.0928. The predicted molar refractivity (Wildman–Crippen MR) is 128 cm³/mol. The summed E-state index contributed by atoms with van der Waals surface area (Å²) in [6.45, 7) is 7.56. The largest absolute Gasteiger partial charge is 0.416 e. The van der Waals surface area contributed by atoms with Gasteiger partial charge in [-0.05, 0) is 56.0 Å². The Morgan fingerprint density at radius 2 is 2.00 bits per heavy atom. The second kappa shape index (κ2) is 9.28. The van der Waals surface area contributed by atoms with E-state index in [4.69, 9.17) is 0 Å². The first-order chi connectivity index (χ1) is 16.5. The molecule has 0 spiro atoms. The van der Waals surface area contributed by atoms with Crippen molar-refractivity contribution >= 4 is 22.4 Å². The van der Waals surface area contributed by atoms with Crippen LogP contribution in [0.4, 0.5) is 13.2 Å². The van der Waals surface area contributed by atoms with Crippen molar-refractivity contribution in [3.8, 4) is 0 Å². The lowest BCUT2D eigenvalue weighted by Crippen LogP contribution is -2.39. The van der Waals surface area contributed by atoms with Gasteiger partial charge in [-0.1, -0.05) is 18.2 Å². The summed E-state index contributed by atoms with van der Waals surface area (Å²) >= 11 is 0. The van der Waals surface area contributed by atoms with E-state index in [1.807, 2.05) is 42.5 Å². The molecule has 184 valence electrons. The van der Waals surface area contributed by atoms with Crippen LogP contribution in [0.5, 0.6) is 0 Å². The Labute approximate surface area is 201 Å². The number of aryl methyl sites for hydroxylation is 2. The summed E-state index contributed by atoms with van der Waals surface area (Å²) in [5.41, 5.74) is 3.14. The average molecular weight is 484 g/mol. The van der Waals surface area contributed by atoms with Crippen molar-refractivity contribution in [1.82, 2.24) is 19.4 Å². The molecule has 0 saturated heterocycles.